The average molecular weight is 471 g/mol. The topological polar surface area (TPSA) is 38.8 Å². The number of carbonyl (C=O) groups is 1. The first kappa shape index (κ1) is 20.5. The molecule has 0 N–H and O–H groups in total. The van der Waals surface area contributed by atoms with E-state index in [4.69, 9.17) is 21.1 Å². The minimum absolute atomic E-state index is 0.0104. The van der Waals surface area contributed by atoms with Crippen molar-refractivity contribution in [3.05, 3.63) is 57.0 Å². The van der Waals surface area contributed by atoms with Gasteiger partial charge in [0.2, 0.25) is 0 Å². The van der Waals surface area contributed by atoms with Crippen LogP contribution in [0.5, 0.6) is 5.75 Å². The van der Waals surface area contributed by atoms with Crippen LogP contribution in [0.2, 0.25) is 5.02 Å². The molecule has 1 aliphatic rings. The first-order valence-corrected chi connectivity index (χ1v) is 10.8. The Balaban J connectivity index is 1.73. The number of methoxy groups -OCH3 is 1. The van der Waals surface area contributed by atoms with Crippen molar-refractivity contribution in [2.45, 2.75) is 29.7 Å². The van der Waals surface area contributed by atoms with E-state index in [9.17, 15) is 4.79 Å². The maximum atomic E-state index is 10.5. The number of halogens is 2. The van der Waals surface area contributed by atoms with Gasteiger partial charge in [0, 0.05) is 40.3 Å². The van der Waals surface area contributed by atoms with E-state index in [-0.39, 0.29) is 6.10 Å². The quantitative estimate of drug-likeness (QED) is 0.394. The Labute approximate surface area is 177 Å². The molecule has 0 aliphatic carbocycles. The molecule has 2 aromatic carbocycles. The second-order valence-electron chi connectivity index (χ2n) is 6.35. The number of thioether (sulfide) groups is 1. The van der Waals surface area contributed by atoms with E-state index in [0.717, 1.165) is 57.5 Å². The summed E-state index contributed by atoms with van der Waals surface area (Å²) >= 11 is 11.7. The van der Waals surface area contributed by atoms with E-state index < -0.39 is 0 Å². The van der Waals surface area contributed by atoms with E-state index >= 15 is 0 Å². The third-order valence-corrected chi connectivity index (χ3v) is 6.68. The summed E-state index contributed by atoms with van der Waals surface area (Å²) in [5.41, 5.74) is 2.30. The maximum Gasteiger partial charge on any atom is 0.293 e. The lowest BCUT2D eigenvalue weighted by Gasteiger charge is -2.19. The summed E-state index contributed by atoms with van der Waals surface area (Å²) in [6.07, 6.45) is 0.862. The van der Waals surface area contributed by atoms with E-state index in [1.165, 1.54) is 5.56 Å². The SMILES string of the molecule is COc1ccc(Br)cc1CSc1c(Cl)cccc1CN1CCC(OC=O)C1. The fourth-order valence-electron chi connectivity index (χ4n) is 3.22. The zero-order chi connectivity index (χ0) is 19.2. The highest BCUT2D eigenvalue weighted by atomic mass is 79.9. The van der Waals surface area contributed by atoms with Crippen molar-refractivity contribution >= 4 is 45.8 Å². The summed E-state index contributed by atoms with van der Waals surface area (Å²) in [6.45, 7) is 3.00. The van der Waals surface area contributed by atoms with E-state index in [1.54, 1.807) is 18.9 Å². The lowest BCUT2D eigenvalue weighted by Crippen LogP contribution is -2.23. The summed E-state index contributed by atoms with van der Waals surface area (Å²) < 4.78 is 11.6. The van der Waals surface area contributed by atoms with Gasteiger partial charge in [0.15, 0.2) is 0 Å². The Morgan fingerprint density at radius 2 is 2.19 bits per heavy atom. The fourth-order valence-corrected chi connectivity index (χ4v) is 5.04. The van der Waals surface area contributed by atoms with Crippen LogP contribution >= 0.6 is 39.3 Å². The molecule has 1 saturated heterocycles. The largest absolute Gasteiger partial charge is 0.496 e. The molecule has 4 nitrogen and oxygen atoms in total. The number of hydrogen-bond donors (Lipinski definition) is 0. The summed E-state index contributed by atoms with van der Waals surface area (Å²) in [5.74, 6) is 1.63. The Hall–Kier alpha value is -1.21. The molecule has 0 bridgehead atoms. The highest BCUT2D eigenvalue weighted by Gasteiger charge is 2.24. The van der Waals surface area contributed by atoms with Gasteiger partial charge in [-0.15, -0.1) is 11.8 Å². The number of rotatable bonds is 8. The first-order valence-electron chi connectivity index (χ1n) is 8.64. The first-order chi connectivity index (χ1) is 13.1. The number of likely N-dealkylation sites (tertiary alicyclic amines) is 1. The Bertz CT molecular complexity index is 805. The second kappa shape index (κ2) is 9.82. The van der Waals surface area contributed by atoms with Crippen molar-refractivity contribution < 1.29 is 14.3 Å². The minimum atomic E-state index is -0.0104. The molecule has 1 heterocycles. The van der Waals surface area contributed by atoms with E-state index in [2.05, 4.69) is 33.0 Å². The zero-order valence-electron chi connectivity index (χ0n) is 15.0. The molecule has 144 valence electrons. The van der Waals surface area contributed by atoms with Gasteiger partial charge in [-0.3, -0.25) is 9.69 Å². The van der Waals surface area contributed by atoms with Crippen LogP contribution in [0.4, 0.5) is 0 Å². The van der Waals surface area contributed by atoms with Gasteiger partial charge < -0.3 is 9.47 Å². The van der Waals surface area contributed by atoms with Gasteiger partial charge in [-0.25, -0.2) is 0 Å². The van der Waals surface area contributed by atoms with Crippen molar-refractivity contribution in [1.82, 2.24) is 4.90 Å². The van der Waals surface area contributed by atoms with Gasteiger partial charge >= 0.3 is 0 Å². The number of ether oxygens (including phenoxy) is 2. The van der Waals surface area contributed by atoms with Crippen LogP contribution in [0.25, 0.3) is 0 Å². The summed E-state index contributed by atoms with van der Waals surface area (Å²) in [7, 11) is 1.68. The van der Waals surface area contributed by atoms with Gasteiger partial charge in [-0.05, 0) is 36.2 Å². The molecule has 27 heavy (non-hydrogen) atoms. The number of hydrogen-bond acceptors (Lipinski definition) is 5. The molecule has 1 fully saturated rings. The van der Waals surface area contributed by atoms with E-state index in [0.29, 0.717) is 6.47 Å². The molecule has 0 aromatic heterocycles. The molecule has 1 unspecified atom stereocenters. The van der Waals surface area contributed by atoms with Crippen molar-refractivity contribution in [3.63, 3.8) is 0 Å². The van der Waals surface area contributed by atoms with Crippen LogP contribution in [-0.2, 0) is 21.8 Å². The van der Waals surface area contributed by atoms with Crippen molar-refractivity contribution in [2.24, 2.45) is 0 Å². The molecule has 0 amide bonds. The van der Waals surface area contributed by atoms with Crippen LogP contribution in [0.15, 0.2) is 45.8 Å². The van der Waals surface area contributed by atoms with Crippen LogP contribution in [0.1, 0.15) is 17.5 Å². The minimum Gasteiger partial charge on any atom is -0.496 e. The number of nitrogens with zero attached hydrogens (tertiary/aromatic N) is 1. The Morgan fingerprint density at radius 3 is 2.96 bits per heavy atom. The summed E-state index contributed by atoms with van der Waals surface area (Å²) in [6, 6.07) is 12.0. The van der Waals surface area contributed by atoms with Gasteiger partial charge in [0.25, 0.3) is 6.47 Å². The average Bonchev–Trinajstić information content (AvgIpc) is 3.09. The predicted octanol–water partition coefficient (Wildman–Crippen LogP) is 5.15. The monoisotopic (exact) mass is 469 g/mol. The molecule has 2 aromatic rings. The summed E-state index contributed by atoms with van der Waals surface area (Å²) in [4.78, 5) is 13.9. The molecule has 7 heteroatoms. The van der Waals surface area contributed by atoms with Crippen LogP contribution in [0, 0.1) is 0 Å². The molecule has 0 spiro atoms. The summed E-state index contributed by atoms with van der Waals surface area (Å²) in [5, 5.41) is 0.756. The fraction of sp³-hybridized carbons (Fsp3) is 0.350. The van der Waals surface area contributed by atoms with Gasteiger partial charge in [-0.1, -0.05) is 39.7 Å². The van der Waals surface area contributed by atoms with Crippen molar-refractivity contribution in [3.8, 4) is 5.75 Å². The second-order valence-corrected chi connectivity index (χ2v) is 8.66. The van der Waals surface area contributed by atoms with Crippen LogP contribution in [0.3, 0.4) is 0 Å². The molecule has 1 aliphatic heterocycles. The third kappa shape index (κ3) is 5.41. The molecule has 3 rings (SSSR count). The molecule has 1 atom stereocenters. The van der Waals surface area contributed by atoms with Gasteiger partial charge in [-0.2, -0.15) is 0 Å². The number of benzene rings is 2. The molecule has 0 saturated carbocycles. The van der Waals surface area contributed by atoms with E-state index in [1.807, 2.05) is 24.3 Å². The smallest absolute Gasteiger partial charge is 0.293 e. The normalized spacial score (nSPS) is 17.1. The lowest BCUT2D eigenvalue weighted by atomic mass is 10.2. The lowest BCUT2D eigenvalue weighted by molar-refractivity contribution is -0.132. The highest BCUT2D eigenvalue weighted by Crippen LogP contribution is 2.36. The predicted molar refractivity (Wildman–Crippen MR) is 113 cm³/mol. The van der Waals surface area contributed by atoms with Crippen molar-refractivity contribution in [2.75, 3.05) is 20.2 Å². The molecular formula is C20H21BrClNO3S. The maximum absolute atomic E-state index is 10.5. The molecule has 0 radical (unpaired) electrons. The molecular weight excluding hydrogens is 450 g/mol. The van der Waals surface area contributed by atoms with Crippen molar-refractivity contribution in [1.29, 1.82) is 0 Å². The third-order valence-electron chi connectivity index (χ3n) is 4.53. The van der Waals surface area contributed by atoms with Crippen LogP contribution in [-0.4, -0.2) is 37.7 Å². The standard InChI is InChI=1S/C20H21BrClNO3S/c1-25-19-6-5-16(21)9-15(19)12-27-20-14(3-2-4-18(20)22)10-23-8-7-17(11-23)26-13-24/h2-6,9,13,17H,7-8,10-12H2,1H3. The van der Waals surface area contributed by atoms with Gasteiger partial charge in [0.1, 0.15) is 11.9 Å². The number of carbonyl (C=O) groups excluding carboxylic acids is 1. The zero-order valence-corrected chi connectivity index (χ0v) is 18.1. The van der Waals surface area contributed by atoms with Gasteiger partial charge in [0.05, 0.1) is 12.1 Å². The Kier molecular flexibility index (Phi) is 7.47. The Morgan fingerprint density at radius 1 is 1.33 bits per heavy atom. The highest BCUT2D eigenvalue weighted by molar-refractivity contribution is 9.10. The van der Waals surface area contributed by atoms with Crippen LogP contribution < -0.4 is 4.74 Å².